The van der Waals surface area contributed by atoms with Gasteiger partial charge in [0, 0.05) is 61.8 Å². The molecular formula is C52H73N13O17S2. The molecule has 1 aliphatic carbocycles. The average molecular weight is 1220 g/mol. The first kappa shape index (κ1) is 63.4. The SMILES string of the molecule is C[C@@H]1NC(=O)[C@H](C[C@@](C)(O)CO)NC(=O)[C@@H]2Cc3c([nH]c4ccc(N[NH+]([O-])CCCSC5CC(=O)N(CC6CCC(C(=O)ON7C(=O)CC[NH+]7[O-])CC6)C5=O)cc34)SC[C@@H](NC(=O)[C@@H](C)NC1=O)C(=O)N1C[C@H](O)C[C@H]1C(=O)N[C@@H](C)C(=O)N2. The van der Waals surface area contributed by atoms with E-state index in [1.807, 2.05) is 0 Å². The number of carbonyl (C=O) groups is 11. The zero-order valence-corrected chi connectivity index (χ0v) is 48.5. The number of hydrogen-bond donors (Lipinski definition) is 13. The van der Waals surface area contributed by atoms with Crippen LogP contribution in [0.1, 0.15) is 91.0 Å². The van der Waals surface area contributed by atoms with Crippen molar-refractivity contribution in [2.45, 2.75) is 156 Å². The van der Waals surface area contributed by atoms with Gasteiger partial charge in [0.25, 0.3) is 0 Å². The van der Waals surface area contributed by atoms with E-state index in [9.17, 15) is 78.5 Å². The molecule has 12 atom stereocenters. The van der Waals surface area contributed by atoms with Crippen LogP contribution in [0.3, 0.4) is 0 Å². The molecule has 5 aliphatic heterocycles. The fourth-order valence-corrected chi connectivity index (χ4v) is 13.2. The number of aliphatic hydroxyl groups excluding tert-OH is 2. The molecule has 1 saturated carbocycles. The van der Waals surface area contributed by atoms with Gasteiger partial charge in [0.15, 0.2) is 0 Å². The van der Waals surface area contributed by atoms with Gasteiger partial charge in [-0.05, 0) is 94.0 Å². The summed E-state index contributed by atoms with van der Waals surface area (Å²) >= 11 is 2.29. The van der Waals surface area contributed by atoms with Crippen LogP contribution >= 0.6 is 23.5 Å². The topological polar surface area (TPSA) is 422 Å². The van der Waals surface area contributed by atoms with Crippen molar-refractivity contribution in [1.82, 2.24) is 51.9 Å². The van der Waals surface area contributed by atoms with Gasteiger partial charge in [-0.3, -0.25) is 62.9 Å². The maximum absolute atomic E-state index is 14.7. The van der Waals surface area contributed by atoms with Gasteiger partial charge in [-0.15, -0.1) is 23.5 Å². The average Bonchev–Trinajstić information content (AvgIpc) is 4.00. The summed E-state index contributed by atoms with van der Waals surface area (Å²) in [7, 11) is 0. The second-order valence-electron chi connectivity index (χ2n) is 22.6. The van der Waals surface area contributed by atoms with Gasteiger partial charge >= 0.3 is 11.9 Å². The second kappa shape index (κ2) is 27.2. The van der Waals surface area contributed by atoms with E-state index < -0.39 is 142 Å². The summed E-state index contributed by atoms with van der Waals surface area (Å²) in [4.78, 5) is 160. The number of benzene rings is 1. The first-order valence-electron chi connectivity index (χ1n) is 28.0. The zero-order chi connectivity index (χ0) is 60.9. The lowest BCUT2D eigenvalue weighted by Gasteiger charge is -2.31. The molecule has 3 unspecified atom stereocenters. The lowest BCUT2D eigenvalue weighted by molar-refractivity contribution is -0.983. The fourth-order valence-electron chi connectivity index (χ4n) is 10.9. The Morgan fingerprint density at radius 2 is 1.51 bits per heavy atom. The Bertz CT molecular complexity index is 2890. The molecule has 1 aromatic heterocycles. The number of imide groups is 1. The highest BCUT2D eigenvalue weighted by Gasteiger charge is 2.45. The molecule has 0 radical (unpaired) electrons. The number of carbonyl (C=O) groups excluding carboxylic acids is 11. The van der Waals surface area contributed by atoms with Crippen molar-refractivity contribution < 1.29 is 83.2 Å². The molecule has 2 bridgehead atoms. The van der Waals surface area contributed by atoms with Crippen LogP contribution in [0.15, 0.2) is 23.2 Å². The highest BCUT2D eigenvalue weighted by Crippen LogP contribution is 2.36. The number of H-pyrrole nitrogens is 1. The van der Waals surface area contributed by atoms with E-state index in [0.29, 0.717) is 70.2 Å². The number of aromatic amines is 1. The molecule has 32 heteroatoms. The van der Waals surface area contributed by atoms with Crippen molar-refractivity contribution in [3.63, 3.8) is 0 Å². The highest BCUT2D eigenvalue weighted by atomic mass is 32.2. The summed E-state index contributed by atoms with van der Waals surface area (Å²) in [5, 5.41) is 72.3. The number of nitrogens with zero attached hydrogens (tertiary/aromatic N) is 3. The molecule has 0 spiro atoms. The molecule has 2 aromatic rings. The molecule has 84 heavy (non-hydrogen) atoms. The van der Waals surface area contributed by atoms with Crippen molar-refractivity contribution in [2.75, 3.05) is 49.7 Å². The number of amides is 10. The standard InChI is InChI=1S/C52H73N13O17S2/c1-25-42(70)53-26(2)44(72)58-37-23-84-48-33(18-35(45(73)57-36(46(74)54-25)20-52(4,79)24-66)56-43(71)27(3)55-47(75)38-17-31(67)22-61(38)49(37)76)32-16-30(10-11-34(32)59-48)60-63(80)13-5-15-83-39-19-41(69)62(50(39)77)21-28-6-8-29(9-7-28)51(78)82-65-40(68)12-14-64(65)81/h10-11,16,25-29,31,35-39,59-60,63-64,66-67,79H,5-9,12-15,17-24H2,1-4H3,(H,53,70)(H,54,74)(H,55,75)(H,56,71)(H,57,73)(H,58,72)/t25-,26+,27-,28?,29?,31+,35-,36-,37+,38-,39?,52+/m0/s1. The maximum Gasteiger partial charge on any atom is 0.341 e. The van der Waals surface area contributed by atoms with Crippen LogP contribution < -0.4 is 47.7 Å². The van der Waals surface area contributed by atoms with Crippen molar-refractivity contribution in [3.05, 3.63) is 34.2 Å². The normalized spacial score (nSPS) is 30.8. The Kier molecular flexibility index (Phi) is 20.5. The van der Waals surface area contributed by atoms with Crippen molar-refractivity contribution in [1.29, 1.82) is 0 Å². The minimum absolute atomic E-state index is 0.00842. The fraction of sp³-hybridized carbons (Fsp3) is 0.635. The van der Waals surface area contributed by atoms with Crippen molar-refractivity contribution in [2.24, 2.45) is 11.8 Å². The van der Waals surface area contributed by atoms with Gasteiger partial charge in [-0.1, -0.05) is 0 Å². The third-order valence-electron chi connectivity index (χ3n) is 15.8. The molecule has 10 amide bonds. The Balaban J connectivity index is 0.991. The summed E-state index contributed by atoms with van der Waals surface area (Å²) in [6.45, 7) is 4.20. The summed E-state index contributed by atoms with van der Waals surface area (Å²) in [5.74, 6) is -8.43. The van der Waals surface area contributed by atoms with Crippen LogP contribution in [0.5, 0.6) is 0 Å². The smallest absolute Gasteiger partial charge is 0.341 e. The molecule has 8 rings (SSSR count). The molecule has 30 nitrogen and oxygen atoms in total. The van der Waals surface area contributed by atoms with Gasteiger partial charge < -0.3 is 67.5 Å². The quantitative estimate of drug-likeness (QED) is 0.0363. The molecule has 6 aliphatic rings. The highest BCUT2D eigenvalue weighted by molar-refractivity contribution is 8.00. The molecule has 4 fully saturated rings. The van der Waals surface area contributed by atoms with E-state index >= 15 is 0 Å². The second-order valence-corrected chi connectivity index (χ2v) is 24.9. The summed E-state index contributed by atoms with van der Waals surface area (Å²) in [6, 6.07) is -5.09. The third-order valence-corrected chi connectivity index (χ3v) is 18.2. The largest absolute Gasteiger partial charge is 0.608 e. The number of aromatic nitrogens is 1. The summed E-state index contributed by atoms with van der Waals surface area (Å²) < 4.78 is 0. The predicted molar refractivity (Wildman–Crippen MR) is 297 cm³/mol. The molecule has 1 aromatic carbocycles. The van der Waals surface area contributed by atoms with E-state index in [1.54, 1.807) is 18.2 Å². The number of nitrogens with one attached hydrogen (secondary N) is 10. The van der Waals surface area contributed by atoms with Gasteiger partial charge in [0.05, 0.1) is 53.2 Å². The molecule has 460 valence electrons. The number of fused-ring (bicyclic) bond motifs is 5. The van der Waals surface area contributed by atoms with Crippen LogP contribution in [0.2, 0.25) is 0 Å². The van der Waals surface area contributed by atoms with Crippen LogP contribution in [-0.2, 0) is 64.0 Å². The molecule has 3 saturated heterocycles. The van der Waals surface area contributed by atoms with Crippen molar-refractivity contribution in [3.8, 4) is 0 Å². The number of quaternary nitrogens is 2. The number of hydroxylamine groups is 3. The Morgan fingerprint density at radius 1 is 0.857 bits per heavy atom. The van der Waals surface area contributed by atoms with Crippen LogP contribution in [0, 0.1) is 22.3 Å². The predicted octanol–water partition coefficient (Wildman–Crippen LogP) is -5.35. The van der Waals surface area contributed by atoms with Crippen LogP contribution in [0.25, 0.3) is 10.9 Å². The van der Waals surface area contributed by atoms with Gasteiger partial charge in [-0.2, -0.15) is 0 Å². The number of anilines is 1. The van der Waals surface area contributed by atoms with Gasteiger partial charge in [-0.25, -0.2) is 15.4 Å². The number of thioether (sulfide) groups is 2. The lowest BCUT2D eigenvalue weighted by Crippen LogP contribution is -3.11. The van der Waals surface area contributed by atoms with E-state index in [2.05, 4.69) is 42.3 Å². The molecular weight excluding hydrogens is 1140 g/mol. The monoisotopic (exact) mass is 1220 g/mol. The molecule has 6 heterocycles. The summed E-state index contributed by atoms with van der Waals surface area (Å²) in [6.07, 6.45) is -0.156. The first-order chi connectivity index (χ1) is 39.8. The van der Waals surface area contributed by atoms with Crippen molar-refractivity contribution >= 4 is 105 Å². The van der Waals surface area contributed by atoms with E-state index in [1.165, 1.54) is 44.4 Å². The van der Waals surface area contributed by atoms with Gasteiger partial charge in [0.2, 0.25) is 53.2 Å². The van der Waals surface area contributed by atoms with E-state index in [4.69, 9.17) is 4.84 Å². The van der Waals surface area contributed by atoms with Crippen LogP contribution in [0.4, 0.5) is 5.69 Å². The minimum atomic E-state index is -1.96. The van der Waals surface area contributed by atoms with E-state index in [-0.39, 0.29) is 75.3 Å². The first-order valence-corrected chi connectivity index (χ1v) is 30.1. The Hall–Kier alpha value is -6.65. The number of likely N-dealkylation sites (tertiary alicyclic amines) is 1. The van der Waals surface area contributed by atoms with Crippen LogP contribution in [-0.4, -0.2) is 204 Å². The summed E-state index contributed by atoms with van der Waals surface area (Å²) in [5.41, 5.74) is 2.04. The minimum Gasteiger partial charge on any atom is -0.608 e. The van der Waals surface area contributed by atoms with E-state index in [0.717, 1.165) is 16.7 Å². The number of rotatable bonds is 14. The number of aliphatic hydroxyl groups is 3. The molecule has 13 N–H and O–H groups in total. The van der Waals surface area contributed by atoms with Gasteiger partial charge in [0.1, 0.15) is 48.8 Å². The number of hydrogen-bond acceptors (Lipinski definition) is 20. The Labute approximate surface area is 490 Å². The lowest BCUT2D eigenvalue weighted by atomic mass is 9.82. The Morgan fingerprint density at radius 3 is 2.18 bits per heavy atom. The zero-order valence-electron chi connectivity index (χ0n) is 46.8. The maximum atomic E-state index is 14.7. The third kappa shape index (κ3) is 15.2.